The summed E-state index contributed by atoms with van der Waals surface area (Å²) in [4.78, 5) is 11.9. The highest BCUT2D eigenvalue weighted by Gasteiger charge is 2.75. The van der Waals surface area contributed by atoms with Crippen LogP contribution in [-0.2, 0) is 38.0 Å². The zero-order chi connectivity index (χ0) is 24.1. The molecule has 0 aromatic carbocycles. The van der Waals surface area contributed by atoms with Crippen LogP contribution in [0.5, 0.6) is 0 Å². The average molecular weight is 611 g/mol. The Morgan fingerprint density at radius 1 is 1.21 bits per heavy atom. The highest BCUT2D eigenvalue weighted by molar-refractivity contribution is 14.1. The first-order chi connectivity index (χ1) is 16.3. The van der Waals surface area contributed by atoms with E-state index in [1.807, 2.05) is 0 Å². The summed E-state index contributed by atoms with van der Waals surface area (Å²) in [6.07, 6.45) is 3.48. The first-order valence-corrected chi connectivity index (χ1v) is 13.4. The largest absolute Gasteiger partial charge is 0.469 e. The van der Waals surface area contributed by atoms with Crippen LogP contribution < -0.4 is 0 Å². The lowest BCUT2D eigenvalue weighted by molar-refractivity contribution is -0.304. The highest BCUT2D eigenvalue weighted by atomic mass is 127. The molecule has 0 aromatic heterocycles. The van der Waals surface area contributed by atoms with Crippen LogP contribution in [0.25, 0.3) is 0 Å². The Hall–Kier alpha value is -0.270. The van der Waals surface area contributed by atoms with Crippen molar-refractivity contribution in [2.45, 2.75) is 105 Å². The number of alkyl halides is 1. The van der Waals surface area contributed by atoms with Gasteiger partial charge in [0.05, 0.1) is 38.8 Å². The average Bonchev–Trinajstić information content (AvgIpc) is 3.16. The topological polar surface area (TPSA) is 81.7 Å². The maximum Gasteiger partial charge on any atom is 0.308 e. The molecule has 0 radical (unpaired) electrons. The van der Waals surface area contributed by atoms with Gasteiger partial charge in [0.25, 0.3) is 0 Å². The number of carbonyl (C=O) groups excluding carboxylic acids is 1. The van der Waals surface area contributed by atoms with E-state index >= 15 is 0 Å². The van der Waals surface area contributed by atoms with Gasteiger partial charge >= 0.3 is 5.97 Å². The maximum atomic E-state index is 11.9. The summed E-state index contributed by atoms with van der Waals surface area (Å²) in [6.45, 7) is 8.08. The number of carbonyl (C=O) groups is 1. The van der Waals surface area contributed by atoms with Gasteiger partial charge in [0, 0.05) is 11.8 Å². The second-order valence-electron chi connectivity index (χ2n) is 9.78. The summed E-state index contributed by atoms with van der Waals surface area (Å²) in [6, 6.07) is 0. The normalized spacial score (nSPS) is 44.9. The molecule has 0 amide bonds. The molecule has 6 heterocycles. The van der Waals surface area contributed by atoms with Crippen LogP contribution in [0.15, 0.2) is 22.8 Å². The molecule has 2 unspecified atom stereocenters. The zero-order valence-electron chi connectivity index (χ0n) is 19.3. The van der Waals surface area contributed by atoms with Gasteiger partial charge in [-0.15, -0.1) is 18.2 Å². The van der Waals surface area contributed by atoms with E-state index in [4.69, 9.17) is 44.8 Å². The molecule has 6 rings (SSSR count). The van der Waals surface area contributed by atoms with Crippen molar-refractivity contribution in [3.8, 4) is 0 Å². The van der Waals surface area contributed by atoms with Crippen molar-refractivity contribution < 1.29 is 38.0 Å². The molecule has 0 aromatic rings. The number of hydrogen-bond donors (Lipinski definition) is 0. The molecular weight excluding hydrogens is 579 g/mol. The maximum absolute atomic E-state index is 11.9. The number of allylic oxidation sites excluding steroid dienone is 1. The molecule has 0 N–H and O–H groups in total. The van der Waals surface area contributed by atoms with Gasteiger partial charge in [-0.25, -0.2) is 0 Å². The zero-order valence-corrected chi connectivity index (χ0v) is 22.2. The Morgan fingerprint density at radius 3 is 2.74 bits per heavy atom. The molecule has 6 saturated heterocycles. The smallest absolute Gasteiger partial charge is 0.308 e. The van der Waals surface area contributed by atoms with Crippen LogP contribution >= 0.6 is 34.2 Å². The molecule has 0 spiro atoms. The van der Waals surface area contributed by atoms with Crippen LogP contribution in [0.3, 0.4) is 0 Å². The number of ether oxygens (including phenoxy) is 7. The van der Waals surface area contributed by atoms with Gasteiger partial charge < -0.3 is 33.2 Å². The number of fused-ring (bicyclic) bond motifs is 1. The second kappa shape index (κ2) is 9.89. The van der Waals surface area contributed by atoms with E-state index in [0.717, 1.165) is 16.4 Å². The highest BCUT2D eigenvalue weighted by Crippen LogP contribution is 2.59. The van der Waals surface area contributed by atoms with Crippen LogP contribution in [0, 0.1) is 0 Å². The van der Waals surface area contributed by atoms with Gasteiger partial charge in [0.2, 0.25) is 5.79 Å². The Bertz CT molecular complexity index is 827. The standard InChI is InChI=1S/C24H32ClIO8/c1-4-9-29-24-12-23(8-7-14(25)10-13(2)26)32-19-18-16(6-5-15(30-18)11-17(27)28-3)31-21(20(19)33-24)22(24)34-23/h4,14-16,18-22H,1-2,5-12H2,3H3/t14-,15-,16+,18+,19+,20+,21?,22+,23?,24+/m1/s1. The number of esters is 1. The molecule has 6 fully saturated rings. The van der Waals surface area contributed by atoms with E-state index in [2.05, 4.69) is 35.7 Å². The van der Waals surface area contributed by atoms with Crippen molar-refractivity contribution in [1.29, 1.82) is 0 Å². The second-order valence-corrected chi connectivity index (χ2v) is 11.9. The fraction of sp³-hybridized carbons (Fsp3) is 0.792. The third-order valence-corrected chi connectivity index (χ3v) is 8.23. The van der Waals surface area contributed by atoms with Crippen molar-refractivity contribution in [3.63, 3.8) is 0 Å². The Kier molecular flexibility index (Phi) is 7.38. The van der Waals surface area contributed by atoms with E-state index < -0.39 is 29.9 Å². The van der Waals surface area contributed by atoms with Gasteiger partial charge in [-0.3, -0.25) is 4.79 Å². The predicted molar refractivity (Wildman–Crippen MR) is 131 cm³/mol. The Morgan fingerprint density at radius 2 is 2.00 bits per heavy atom. The van der Waals surface area contributed by atoms with E-state index in [-0.39, 0.29) is 42.2 Å². The van der Waals surface area contributed by atoms with Gasteiger partial charge in [0.15, 0.2) is 5.79 Å². The van der Waals surface area contributed by atoms with Crippen LogP contribution in [0.1, 0.15) is 44.9 Å². The molecule has 190 valence electrons. The molecular formula is C24H32ClIO8. The summed E-state index contributed by atoms with van der Waals surface area (Å²) in [5.41, 5.74) is 0. The lowest BCUT2D eigenvalue weighted by atomic mass is 9.86. The minimum absolute atomic E-state index is 0.0759. The first kappa shape index (κ1) is 25.4. The Labute approximate surface area is 218 Å². The molecule has 10 atom stereocenters. The SMILES string of the molecule is C=CCO[C@@]12CC3(CC[C@@H](Cl)CC(=C)I)O[C@H]4[C@H]5O[C@@H](CC(=O)OC)CC[C@@H]5OC([C@H]4O1)[C@@H]2O3. The van der Waals surface area contributed by atoms with Gasteiger partial charge in [-0.1, -0.05) is 12.7 Å². The molecule has 10 heteroatoms. The summed E-state index contributed by atoms with van der Waals surface area (Å²) in [7, 11) is 1.39. The first-order valence-electron chi connectivity index (χ1n) is 11.9. The summed E-state index contributed by atoms with van der Waals surface area (Å²) in [5, 5.41) is -0.0759. The van der Waals surface area contributed by atoms with Crippen molar-refractivity contribution >= 4 is 40.2 Å². The fourth-order valence-corrected chi connectivity index (χ4v) is 7.10. The lowest BCUT2D eigenvalue weighted by Crippen LogP contribution is -2.61. The van der Waals surface area contributed by atoms with Gasteiger partial charge in [-0.2, -0.15) is 0 Å². The summed E-state index contributed by atoms with van der Waals surface area (Å²) in [5.74, 6) is -2.18. The molecule has 0 saturated carbocycles. The molecule has 8 nitrogen and oxygen atoms in total. The minimum Gasteiger partial charge on any atom is -0.469 e. The molecule has 6 bridgehead atoms. The van der Waals surface area contributed by atoms with E-state index in [0.29, 0.717) is 32.3 Å². The van der Waals surface area contributed by atoms with Gasteiger partial charge in [-0.05, 0) is 51.9 Å². The quantitative estimate of drug-likeness (QED) is 0.160. The third-order valence-electron chi connectivity index (χ3n) is 7.42. The molecule has 34 heavy (non-hydrogen) atoms. The monoisotopic (exact) mass is 610 g/mol. The fourth-order valence-electron chi connectivity index (χ4n) is 6.02. The van der Waals surface area contributed by atoms with Gasteiger partial charge in [0.1, 0.15) is 30.5 Å². The predicted octanol–water partition coefficient (Wildman–Crippen LogP) is 3.77. The van der Waals surface area contributed by atoms with Crippen LogP contribution in [0.2, 0.25) is 0 Å². The van der Waals surface area contributed by atoms with Crippen molar-refractivity contribution in [1.82, 2.24) is 0 Å². The van der Waals surface area contributed by atoms with Crippen molar-refractivity contribution in [2.24, 2.45) is 0 Å². The number of methoxy groups -OCH3 is 1. The third kappa shape index (κ3) is 4.60. The van der Waals surface area contributed by atoms with Crippen molar-refractivity contribution in [2.75, 3.05) is 13.7 Å². The minimum atomic E-state index is -0.966. The number of rotatable bonds is 10. The van der Waals surface area contributed by atoms with Crippen LogP contribution in [-0.4, -0.2) is 79.4 Å². The number of hydrogen-bond acceptors (Lipinski definition) is 8. The summed E-state index contributed by atoms with van der Waals surface area (Å²) < 4.78 is 44.9. The van der Waals surface area contributed by atoms with E-state index in [1.54, 1.807) is 6.08 Å². The van der Waals surface area contributed by atoms with E-state index in [9.17, 15) is 4.79 Å². The van der Waals surface area contributed by atoms with Crippen molar-refractivity contribution in [3.05, 3.63) is 22.8 Å². The summed E-state index contributed by atoms with van der Waals surface area (Å²) >= 11 is 8.79. The molecule has 6 aliphatic heterocycles. The Balaban J connectivity index is 1.40. The lowest BCUT2D eigenvalue weighted by Gasteiger charge is -2.47. The van der Waals surface area contributed by atoms with Crippen LogP contribution in [0.4, 0.5) is 0 Å². The van der Waals surface area contributed by atoms with E-state index in [1.165, 1.54) is 7.11 Å². The molecule has 6 aliphatic rings. The molecule has 0 aliphatic carbocycles. The number of halogens is 2.